The van der Waals surface area contributed by atoms with Gasteiger partial charge in [-0.2, -0.15) is 0 Å². The van der Waals surface area contributed by atoms with E-state index in [0.717, 1.165) is 6.42 Å². The molecule has 20 heavy (non-hydrogen) atoms. The largest absolute Gasteiger partial charge is 0.327 e. The molecule has 0 saturated carbocycles. The number of rotatable bonds is 1. The van der Waals surface area contributed by atoms with Crippen molar-refractivity contribution in [1.29, 1.82) is 0 Å². The highest BCUT2D eigenvalue weighted by Crippen LogP contribution is 2.28. The second-order valence-electron chi connectivity index (χ2n) is 5.89. The summed E-state index contributed by atoms with van der Waals surface area (Å²) in [5.41, 5.74) is 6.59. The fraction of sp³-hybridized carbons (Fsp3) is 0.500. The normalized spacial score (nSPS) is 21.6. The minimum absolute atomic E-state index is 0.0818. The summed E-state index contributed by atoms with van der Waals surface area (Å²) in [7, 11) is 0. The van der Waals surface area contributed by atoms with Crippen LogP contribution in [0, 0.1) is 5.41 Å². The Morgan fingerprint density at radius 3 is 2.50 bits per heavy atom. The molecule has 3 N–H and O–H groups in total. The van der Waals surface area contributed by atoms with Crippen LogP contribution < -0.4 is 11.1 Å². The average molecular weight is 316 g/mol. The number of urea groups is 1. The first-order chi connectivity index (χ1) is 9.28. The van der Waals surface area contributed by atoms with Crippen LogP contribution in [-0.4, -0.2) is 30.1 Å². The van der Waals surface area contributed by atoms with E-state index in [0.29, 0.717) is 28.8 Å². The Balaban J connectivity index is 2.05. The van der Waals surface area contributed by atoms with Crippen molar-refractivity contribution < 1.29 is 4.79 Å². The number of benzene rings is 1. The van der Waals surface area contributed by atoms with Gasteiger partial charge in [0.15, 0.2) is 0 Å². The van der Waals surface area contributed by atoms with Crippen molar-refractivity contribution in [1.82, 2.24) is 4.90 Å². The third kappa shape index (κ3) is 3.57. The SMILES string of the molecule is CC1(C)CN(C(=O)Nc2cc(Cl)cc(Cl)c2)CCC1N. The van der Waals surface area contributed by atoms with Gasteiger partial charge in [-0.1, -0.05) is 37.0 Å². The third-order valence-corrected chi connectivity index (χ3v) is 4.15. The second-order valence-corrected chi connectivity index (χ2v) is 6.77. The molecular formula is C14H19Cl2N3O. The van der Waals surface area contributed by atoms with E-state index in [-0.39, 0.29) is 17.5 Å². The number of carbonyl (C=O) groups excluding carboxylic acids is 1. The highest BCUT2D eigenvalue weighted by atomic mass is 35.5. The molecule has 110 valence electrons. The molecule has 2 rings (SSSR count). The van der Waals surface area contributed by atoms with Crippen molar-refractivity contribution in [3.8, 4) is 0 Å². The van der Waals surface area contributed by atoms with Crippen LogP contribution in [0.4, 0.5) is 10.5 Å². The van der Waals surface area contributed by atoms with E-state index < -0.39 is 0 Å². The molecule has 0 aromatic heterocycles. The first-order valence-corrected chi connectivity index (χ1v) is 7.31. The molecule has 1 unspecified atom stereocenters. The van der Waals surface area contributed by atoms with Gasteiger partial charge in [-0.25, -0.2) is 4.79 Å². The highest BCUT2D eigenvalue weighted by Gasteiger charge is 2.35. The highest BCUT2D eigenvalue weighted by molar-refractivity contribution is 6.35. The Kier molecular flexibility index (Phi) is 4.47. The van der Waals surface area contributed by atoms with Gasteiger partial charge in [-0.15, -0.1) is 0 Å². The fourth-order valence-electron chi connectivity index (χ4n) is 2.38. The first kappa shape index (κ1) is 15.4. The quantitative estimate of drug-likeness (QED) is 0.832. The molecule has 1 aromatic rings. The molecule has 0 aliphatic carbocycles. The number of anilines is 1. The van der Waals surface area contributed by atoms with Gasteiger partial charge in [0.25, 0.3) is 0 Å². The lowest BCUT2D eigenvalue weighted by Crippen LogP contribution is -2.54. The Hall–Kier alpha value is -0.970. The number of hydrogen-bond acceptors (Lipinski definition) is 2. The molecule has 0 spiro atoms. The van der Waals surface area contributed by atoms with E-state index in [4.69, 9.17) is 28.9 Å². The zero-order chi connectivity index (χ0) is 14.9. The number of nitrogens with zero attached hydrogens (tertiary/aromatic N) is 1. The summed E-state index contributed by atoms with van der Waals surface area (Å²) >= 11 is 11.8. The van der Waals surface area contributed by atoms with E-state index >= 15 is 0 Å². The molecule has 4 nitrogen and oxygen atoms in total. The molecule has 1 aliphatic rings. The maximum Gasteiger partial charge on any atom is 0.321 e. The van der Waals surface area contributed by atoms with E-state index in [1.165, 1.54) is 0 Å². The van der Waals surface area contributed by atoms with Gasteiger partial charge in [-0.3, -0.25) is 0 Å². The van der Waals surface area contributed by atoms with Crippen molar-refractivity contribution in [3.05, 3.63) is 28.2 Å². The predicted octanol–water partition coefficient (Wildman–Crippen LogP) is 3.58. The van der Waals surface area contributed by atoms with Crippen LogP contribution in [0.5, 0.6) is 0 Å². The Morgan fingerprint density at radius 1 is 1.35 bits per heavy atom. The van der Waals surface area contributed by atoms with Crippen LogP contribution in [0.25, 0.3) is 0 Å². The molecule has 0 bridgehead atoms. The maximum atomic E-state index is 12.3. The van der Waals surface area contributed by atoms with Crippen LogP contribution in [0.3, 0.4) is 0 Å². The molecule has 1 saturated heterocycles. The van der Waals surface area contributed by atoms with E-state index in [1.54, 1.807) is 23.1 Å². The molecule has 1 aromatic carbocycles. The molecule has 2 amide bonds. The minimum Gasteiger partial charge on any atom is -0.327 e. The van der Waals surface area contributed by atoms with Gasteiger partial charge in [0, 0.05) is 34.9 Å². The van der Waals surface area contributed by atoms with Crippen LogP contribution in [0.1, 0.15) is 20.3 Å². The number of nitrogens with one attached hydrogen (secondary N) is 1. The molecule has 1 heterocycles. The first-order valence-electron chi connectivity index (χ1n) is 6.55. The Labute approximate surface area is 129 Å². The average Bonchev–Trinajstić information content (AvgIpc) is 2.31. The number of carbonyl (C=O) groups is 1. The molecule has 0 radical (unpaired) electrons. The van der Waals surface area contributed by atoms with Crippen molar-refractivity contribution in [2.75, 3.05) is 18.4 Å². The summed E-state index contributed by atoms with van der Waals surface area (Å²) in [5, 5.41) is 3.81. The number of likely N-dealkylation sites (tertiary alicyclic amines) is 1. The fourth-order valence-corrected chi connectivity index (χ4v) is 2.90. The Bertz CT molecular complexity index is 499. The number of piperidine rings is 1. The van der Waals surface area contributed by atoms with Gasteiger partial charge in [0.2, 0.25) is 0 Å². The zero-order valence-electron chi connectivity index (χ0n) is 11.6. The van der Waals surface area contributed by atoms with Crippen molar-refractivity contribution in [2.24, 2.45) is 11.1 Å². The zero-order valence-corrected chi connectivity index (χ0v) is 13.1. The molecule has 1 atom stereocenters. The second kappa shape index (κ2) is 5.80. The van der Waals surface area contributed by atoms with E-state index in [9.17, 15) is 4.79 Å². The summed E-state index contributed by atoms with van der Waals surface area (Å²) in [4.78, 5) is 14.0. The summed E-state index contributed by atoms with van der Waals surface area (Å²) in [5.74, 6) is 0. The van der Waals surface area contributed by atoms with E-state index in [2.05, 4.69) is 19.2 Å². The summed E-state index contributed by atoms with van der Waals surface area (Å²) in [6, 6.07) is 4.94. The smallest absolute Gasteiger partial charge is 0.321 e. The topological polar surface area (TPSA) is 58.4 Å². The molecular weight excluding hydrogens is 297 g/mol. The Morgan fingerprint density at radius 2 is 1.95 bits per heavy atom. The van der Waals surface area contributed by atoms with Crippen molar-refractivity contribution >= 4 is 34.9 Å². The minimum atomic E-state index is -0.150. The van der Waals surface area contributed by atoms with Crippen molar-refractivity contribution in [2.45, 2.75) is 26.3 Å². The third-order valence-electron chi connectivity index (χ3n) is 3.71. The molecule has 6 heteroatoms. The van der Waals surface area contributed by atoms with Crippen LogP contribution >= 0.6 is 23.2 Å². The van der Waals surface area contributed by atoms with E-state index in [1.807, 2.05) is 0 Å². The number of amides is 2. The number of halogens is 2. The summed E-state index contributed by atoms with van der Waals surface area (Å²) in [6.07, 6.45) is 0.802. The van der Waals surface area contributed by atoms with Gasteiger partial charge in [0.1, 0.15) is 0 Å². The number of hydrogen-bond donors (Lipinski definition) is 2. The summed E-state index contributed by atoms with van der Waals surface area (Å²) in [6.45, 7) is 5.44. The number of nitrogens with two attached hydrogens (primary N) is 1. The van der Waals surface area contributed by atoms with Gasteiger partial charge in [0.05, 0.1) is 0 Å². The van der Waals surface area contributed by atoms with Gasteiger partial charge in [-0.05, 0) is 30.0 Å². The van der Waals surface area contributed by atoms with Crippen LogP contribution in [0.15, 0.2) is 18.2 Å². The predicted molar refractivity (Wildman–Crippen MR) is 83.4 cm³/mol. The lowest BCUT2D eigenvalue weighted by molar-refractivity contribution is 0.118. The lowest BCUT2D eigenvalue weighted by Gasteiger charge is -2.42. The van der Waals surface area contributed by atoms with Crippen LogP contribution in [-0.2, 0) is 0 Å². The van der Waals surface area contributed by atoms with Gasteiger partial charge >= 0.3 is 6.03 Å². The molecule has 1 aliphatic heterocycles. The van der Waals surface area contributed by atoms with Crippen LogP contribution in [0.2, 0.25) is 10.0 Å². The van der Waals surface area contributed by atoms with Gasteiger partial charge < -0.3 is 16.0 Å². The lowest BCUT2D eigenvalue weighted by atomic mass is 9.80. The maximum absolute atomic E-state index is 12.3. The van der Waals surface area contributed by atoms with Crippen molar-refractivity contribution in [3.63, 3.8) is 0 Å². The summed E-state index contributed by atoms with van der Waals surface area (Å²) < 4.78 is 0. The molecule has 1 fully saturated rings. The monoisotopic (exact) mass is 315 g/mol. The standard InChI is InChI=1S/C14H19Cl2N3O/c1-14(2)8-19(4-3-12(14)17)13(20)18-11-6-9(15)5-10(16)7-11/h5-7,12H,3-4,8,17H2,1-2H3,(H,18,20).